The Bertz CT molecular complexity index is 83.0. The Morgan fingerprint density at radius 2 is 2.50 bits per heavy atom. The summed E-state index contributed by atoms with van der Waals surface area (Å²) in [5.41, 5.74) is 0. The lowest BCUT2D eigenvalue weighted by molar-refractivity contribution is 0.145. The molecule has 0 saturated carbocycles. The second-order valence-corrected chi connectivity index (χ2v) is 1.78. The number of hydrogen-bond acceptors (Lipinski definition) is 2. The number of rotatable bonds is 3. The van der Waals surface area contributed by atoms with Crippen LogP contribution in [0, 0.1) is 24.2 Å². The summed E-state index contributed by atoms with van der Waals surface area (Å²) in [6.45, 7) is 6.38. The normalized spacial score (nSPS) is 9.25. The molecule has 0 fully saturated rings. The van der Waals surface area contributed by atoms with E-state index in [1.54, 1.807) is 0 Å². The topological polar surface area (TPSA) is 33.0 Å². The molecule has 0 aromatic rings. The first-order valence-electron chi connectivity index (χ1n) is 2.55. The molecular formula is C6H10NO. The van der Waals surface area contributed by atoms with E-state index in [1.807, 2.05) is 13.0 Å². The van der Waals surface area contributed by atoms with Crippen molar-refractivity contribution in [2.75, 3.05) is 13.2 Å². The summed E-state index contributed by atoms with van der Waals surface area (Å²) in [4.78, 5) is 0. The van der Waals surface area contributed by atoms with Crippen molar-refractivity contribution in [2.45, 2.75) is 6.92 Å². The summed E-state index contributed by atoms with van der Waals surface area (Å²) < 4.78 is 4.82. The third kappa shape index (κ3) is 5.45. The molecule has 0 saturated heterocycles. The lowest BCUT2D eigenvalue weighted by Crippen LogP contribution is -2.01. The number of nitriles is 1. The smallest absolute Gasteiger partial charge is 0.133 e. The van der Waals surface area contributed by atoms with Gasteiger partial charge in [0.25, 0.3) is 0 Å². The molecule has 0 aromatic carbocycles. The molecule has 1 atom stereocenters. The maximum atomic E-state index is 7.98. The van der Waals surface area contributed by atoms with Crippen LogP contribution in [0.1, 0.15) is 6.92 Å². The van der Waals surface area contributed by atoms with Gasteiger partial charge in [0.15, 0.2) is 0 Å². The Morgan fingerprint density at radius 1 is 1.88 bits per heavy atom. The second kappa shape index (κ2) is 4.61. The summed E-state index contributed by atoms with van der Waals surface area (Å²) in [5, 5.41) is 7.98. The number of ether oxygens (including phenoxy) is 1. The molecule has 0 aliphatic heterocycles. The van der Waals surface area contributed by atoms with E-state index in [0.717, 1.165) is 0 Å². The highest BCUT2D eigenvalue weighted by atomic mass is 16.5. The molecule has 2 nitrogen and oxygen atoms in total. The van der Waals surface area contributed by atoms with Crippen LogP contribution in [0.2, 0.25) is 0 Å². The van der Waals surface area contributed by atoms with Gasteiger partial charge in [-0.1, -0.05) is 6.92 Å². The zero-order chi connectivity index (χ0) is 6.41. The third-order valence-corrected chi connectivity index (χ3v) is 0.569. The van der Waals surface area contributed by atoms with Gasteiger partial charge in [-0.3, -0.25) is 0 Å². The number of hydrogen-bond donors (Lipinski definition) is 0. The Labute approximate surface area is 50.1 Å². The first kappa shape index (κ1) is 7.45. The molecule has 45 valence electrons. The molecule has 0 aromatic heterocycles. The standard InChI is InChI=1S/C6H10NO/c1-6(2)5-8-4-3-7/h6H,1,4-5H2,2H3. The SMILES string of the molecule is [CH2]C(C)COCC#N. The van der Waals surface area contributed by atoms with E-state index in [9.17, 15) is 0 Å². The van der Waals surface area contributed by atoms with E-state index in [-0.39, 0.29) is 12.5 Å². The van der Waals surface area contributed by atoms with E-state index < -0.39 is 0 Å². The van der Waals surface area contributed by atoms with E-state index in [0.29, 0.717) is 6.61 Å². The van der Waals surface area contributed by atoms with Crippen LogP contribution in [0.3, 0.4) is 0 Å². The van der Waals surface area contributed by atoms with Gasteiger partial charge < -0.3 is 4.74 Å². The van der Waals surface area contributed by atoms with Gasteiger partial charge in [-0.25, -0.2) is 0 Å². The highest BCUT2D eigenvalue weighted by Crippen LogP contribution is 1.89. The average Bonchev–Trinajstić information content (AvgIpc) is 1.66. The van der Waals surface area contributed by atoms with Crippen LogP contribution in [0.5, 0.6) is 0 Å². The van der Waals surface area contributed by atoms with Crippen molar-refractivity contribution in [1.82, 2.24) is 0 Å². The van der Waals surface area contributed by atoms with Gasteiger partial charge in [-0.2, -0.15) is 5.26 Å². The molecule has 0 heterocycles. The summed E-state index contributed by atoms with van der Waals surface area (Å²) in [6, 6.07) is 1.87. The fourth-order valence-corrected chi connectivity index (χ4v) is 0.306. The summed E-state index contributed by atoms with van der Waals surface area (Å²) in [7, 11) is 0. The Hall–Kier alpha value is -0.550. The molecule has 0 aliphatic rings. The van der Waals surface area contributed by atoms with Crippen LogP contribution < -0.4 is 0 Å². The predicted octanol–water partition coefficient (Wildman–Crippen LogP) is 0.997. The monoisotopic (exact) mass is 112 g/mol. The second-order valence-electron chi connectivity index (χ2n) is 1.78. The number of nitrogens with zero attached hydrogens (tertiary/aromatic N) is 1. The molecule has 2 heteroatoms. The molecule has 0 bridgehead atoms. The largest absolute Gasteiger partial charge is 0.366 e. The molecule has 0 amide bonds. The lowest BCUT2D eigenvalue weighted by atomic mass is 10.2. The summed E-state index contributed by atoms with van der Waals surface area (Å²) in [6.07, 6.45) is 0. The maximum absolute atomic E-state index is 7.98. The van der Waals surface area contributed by atoms with Gasteiger partial charge in [-0.15, -0.1) is 0 Å². The Balaban J connectivity index is 2.85. The molecule has 0 N–H and O–H groups in total. The summed E-state index contributed by atoms with van der Waals surface area (Å²) in [5.74, 6) is 0.281. The van der Waals surface area contributed by atoms with Gasteiger partial charge in [-0.05, 0) is 12.8 Å². The average molecular weight is 112 g/mol. The van der Waals surface area contributed by atoms with Gasteiger partial charge in [0.2, 0.25) is 0 Å². The van der Waals surface area contributed by atoms with Crippen molar-refractivity contribution in [3.8, 4) is 6.07 Å². The first-order valence-corrected chi connectivity index (χ1v) is 2.55. The van der Waals surface area contributed by atoms with Gasteiger partial charge in [0, 0.05) is 0 Å². The minimum atomic E-state index is 0.180. The lowest BCUT2D eigenvalue weighted by Gasteiger charge is -2.00. The highest BCUT2D eigenvalue weighted by Gasteiger charge is 1.90. The van der Waals surface area contributed by atoms with E-state index in [1.165, 1.54) is 0 Å². The van der Waals surface area contributed by atoms with Crippen LogP contribution in [0.25, 0.3) is 0 Å². The third-order valence-electron chi connectivity index (χ3n) is 0.569. The molecule has 8 heavy (non-hydrogen) atoms. The van der Waals surface area contributed by atoms with Crippen LogP contribution in [-0.2, 0) is 4.74 Å². The van der Waals surface area contributed by atoms with Crippen LogP contribution in [-0.4, -0.2) is 13.2 Å². The molecule has 1 radical (unpaired) electrons. The highest BCUT2D eigenvalue weighted by molar-refractivity contribution is 4.66. The fourth-order valence-electron chi connectivity index (χ4n) is 0.306. The first-order chi connectivity index (χ1) is 3.77. The molecule has 1 unspecified atom stereocenters. The van der Waals surface area contributed by atoms with E-state index in [2.05, 4.69) is 6.92 Å². The van der Waals surface area contributed by atoms with Crippen molar-refractivity contribution >= 4 is 0 Å². The van der Waals surface area contributed by atoms with Crippen molar-refractivity contribution in [3.05, 3.63) is 6.92 Å². The van der Waals surface area contributed by atoms with Crippen LogP contribution in [0.4, 0.5) is 0 Å². The van der Waals surface area contributed by atoms with E-state index in [4.69, 9.17) is 10.00 Å². The van der Waals surface area contributed by atoms with Crippen LogP contribution >= 0.6 is 0 Å². The minimum absolute atomic E-state index is 0.180. The molecule has 0 aliphatic carbocycles. The predicted molar refractivity (Wildman–Crippen MR) is 31.0 cm³/mol. The molecule has 0 spiro atoms. The van der Waals surface area contributed by atoms with Crippen molar-refractivity contribution in [1.29, 1.82) is 5.26 Å². The summed E-state index contributed by atoms with van der Waals surface area (Å²) >= 11 is 0. The Kier molecular flexibility index (Phi) is 4.29. The van der Waals surface area contributed by atoms with Gasteiger partial charge >= 0.3 is 0 Å². The molecular weight excluding hydrogens is 102 g/mol. The van der Waals surface area contributed by atoms with Crippen molar-refractivity contribution < 1.29 is 4.74 Å². The quantitative estimate of drug-likeness (QED) is 0.510. The Morgan fingerprint density at radius 3 is 2.88 bits per heavy atom. The van der Waals surface area contributed by atoms with Crippen molar-refractivity contribution in [2.24, 2.45) is 5.92 Å². The van der Waals surface area contributed by atoms with Gasteiger partial charge in [0.1, 0.15) is 6.61 Å². The van der Waals surface area contributed by atoms with E-state index >= 15 is 0 Å². The maximum Gasteiger partial charge on any atom is 0.133 e. The van der Waals surface area contributed by atoms with Crippen molar-refractivity contribution in [3.63, 3.8) is 0 Å². The molecule has 0 rings (SSSR count). The fraction of sp³-hybridized carbons (Fsp3) is 0.667. The van der Waals surface area contributed by atoms with Crippen LogP contribution in [0.15, 0.2) is 0 Å². The zero-order valence-corrected chi connectivity index (χ0v) is 5.05. The van der Waals surface area contributed by atoms with Gasteiger partial charge in [0.05, 0.1) is 12.7 Å². The zero-order valence-electron chi connectivity index (χ0n) is 5.05. The minimum Gasteiger partial charge on any atom is -0.366 e.